The maximum Gasteiger partial charge on any atom is 0.160 e. The molecule has 0 bridgehead atoms. The molecule has 17 heavy (non-hydrogen) atoms. The first-order chi connectivity index (χ1) is 8.04. The lowest BCUT2D eigenvalue weighted by Gasteiger charge is -2.26. The Hall–Kier alpha value is -1.00. The summed E-state index contributed by atoms with van der Waals surface area (Å²) in [4.78, 5) is 9.28. The first kappa shape index (κ1) is 12.5. The number of hydrogen-bond acceptors (Lipinski definition) is 4. The molecule has 0 unspecified atom stereocenters. The van der Waals surface area contributed by atoms with E-state index in [1.54, 1.807) is 0 Å². The Morgan fingerprint density at radius 2 is 2.12 bits per heavy atom. The van der Waals surface area contributed by atoms with Crippen LogP contribution in [0.2, 0.25) is 0 Å². The van der Waals surface area contributed by atoms with E-state index < -0.39 is 5.60 Å². The van der Waals surface area contributed by atoms with Gasteiger partial charge in [0.05, 0.1) is 5.69 Å². The summed E-state index contributed by atoms with van der Waals surface area (Å²) < 4.78 is 5.72. The zero-order valence-electron chi connectivity index (χ0n) is 11.1. The standard InChI is InChI=1S/C13H21N3O/c1-5-17-13(3,4)12-15-9(2)10-6-7-14-8-11(10)16-12/h14H,5-8H2,1-4H3. The molecule has 2 heterocycles. The van der Waals surface area contributed by atoms with Crippen LogP contribution in [0.3, 0.4) is 0 Å². The van der Waals surface area contributed by atoms with Gasteiger partial charge in [0, 0.05) is 18.8 Å². The molecule has 0 amide bonds. The van der Waals surface area contributed by atoms with Crippen molar-refractivity contribution in [2.24, 2.45) is 0 Å². The molecule has 2 rings (SSSR count). The third-order valence-corrected chi connectivity index (χ3v) is 3.19. The van der Waals surface area contributed by atoms with E-state index in [1.807, 2.05) is 20.8 Å². The summed E-state index contributed by atoms with van der Waals surface area (Å²) in [5.74, 6) is 0.791. The van der Waals surface area contributed by atoms with Crippen LogP contribution in [0, 0.1) is 6.92 Å². The number of aromatic nitrogens is 2. The van der Waals surface area contributed by atoms with E-state index in [4.69, 9.17) is 4.74 Å². The molecule has 1 aromatic rings. The lowest BCUT2D eigenvalue weighted by molar-refractivity contribution is -0.0211. The van der Waals surface area contributed by atoms with Crippen molar-refractivity contribution in [3.8, 4) is 0 Å². The van der Waals surface area contributed by atoms with Gasteiger partial charge < -0.3 is 10.1 Å². The molecule has 1 aliphatic rings. The topological polar surface area (TPSA) is 47.0 Å². The van der Waals surface area contributed by atoms with E-state index in [1.165, 1.54) is 5.56 Å². The number of aryl methyl sites for hydroxylation is 1. The van der Waals surface area contributed by atoms with Gasteiger partial charge in [-0.25, -0.2) is 9.97 Å². The van der Waals surface area contributed by atoms with E-state index in [0.717, 1.165) is 36.7 Å². The number of hydrogen-bond donors (Lipinski definition) is 1. The minimum atomic E-state index is -0.411. The fourth-order valence-electron chi connectivity index (χ4n) is 2.24. The van der Waals surface area contributed by atoms with Crippen molar-refractivity contribution in [3.63, 3.8) is 0 Å². The number of rotatable bonds is 3. The number of ether oxygens (including phenoxy) is 1. The molecule has 0 aromatic carbocycles. The molecule has 0 radical (unpaired) electrons. The molecule has 4 nitrogen and oxygen atoms in total. The summed E-state index contributed by atoms with van der Waals surface area (Å²) in [6.07, 6.45) is 1.02. The Labute approximate surface area is 103 Å². The lowest BCUT2D eigenvalue weighted by Crippen LogP contribution is -2.30. The van der Waals surface area contributed by atoms with E-state index >= 15 is 0 Å². The largest absolute Gasteiger partial charge is 0.368 e. The fourth-order valence-corrected chi connectivity index (χ4v) is 2.24. The van der Waals surface area contributed by atoms with Crippen molar-refractivity contribution < 1.29 is 4.74 Å². The molecule has 0 atom stereocenters. The normalized spacial score (nSPS) is 15.8. The second-order valence-electron chi connectivity index (χ2n) is 4.93. The van der Waals surface area contributed by atoms with Gasteiger partial charge in [-0.1, -0.05) is 0 Å². The predicted molar refractivity (Wildman–Crippen MR) is 66.8 cm³/mol. The highest BCUT2D eigenvalue weighted by Crippen LogP contribution is 2.24. The van der Waals surface area contributed by atoms with Crippen LogP contribution < -0.4 is 5.32 Å². The van der Waals surface area contributed by atoms with Crippen LogP contribution in [0.4, 0.5) is 0 Å². The smallest absolute Gasteiger partial charge is 0.160 e. The molecule has 0 spiro atoms. The van der Waals surface area contributed by atoms with Crippen molar-refractivity contribution >= 4 is 0 Å². The van der Waals surface area contributed by atoms with Crippen molar-refractivity contribution in [2.45, 2.75) is 46.3 Å². The SMILES string of the molecule is CCOC(C)(C)c1nc(C)c2c(n1)CNCC2. The van der Waals surface area contributed by atoms with Gasteiger partial charge in [0.1, 0.15) is 5.60 Å². The summed E-state index contributed by atoms with van der Waals surface area (Å²) in [6, 6.07) is 0. The molecule has 4 heteroatoms. The second-order valence-corrected chi connectivity index (χ2v) is 4.93. The van der Waals surface area contributed by atoms with Crippen LogP contribution in [0.15, 0.2) is 0 Å². The zero-order chi connectivity index (χ0) is 12.5. The van der Waals surface area contributed by atoms with E-state index in [2.05, 4.69) is 22.2 Å². The first-order valence-electron chi connectivity index (χ1n) is 6.26. The summed E-state index contributed by atoms with van der Waals surface area (Å²) in [5, 5.41) is 3.35. The van der Waals surface area contributed by atoms with Crippen molar-refractivity contribution in [2.75, 3.05) is 13.2 Å². The Balaban J connectivity index is 2.40. The van der Waals surface area contributed by atoms with Gasteiger partial charge >= 0.3 is 0 Å². The van der Waals surface area contributed by atoms with Gasteiger partial charge in [-0.05, 0) is 46.2 Å². The first-order valence-corrected chi connectivity index (χ1v) is 6.26. The summed E-state index contributed by atoms with van der Waals surface area (Å²) in [6.45, 7) is 10.6. The summed E-state index contributed by atoms with van der Waals surface area (Å²) in [5.41, 5.74) is 3.12. The Bertz CT molecular complexity index is 415. The monoisotopic (exact) mass is 235 g/mol. The number of nitrogens with zero attached hydrogens (tertiary/aromatic N) is 2. The van der Waals surface area contributed by atoms with Crippen LogP contribution in [0.1, 0.15) is 43.5 Å². The average molecular weight is 235 g/mol. The van der Waals surface area contributed by atoms with Crippen molar-refractivity contribution in [3.05, 3.63) is 22.8 Å². The zero-order valence-corrected chi connectivity index (χ0v) is 11.1. The third-order valence-electron chi connectivity index (χ3n) is 3.19. The minimum absolute atomic E-state index is 0.411. The average Bonchev–Trinajstić information content (AvgIpc) is 2.29. The second kappa shape index (κ2) is 4.70. The van der Waals surface area contributed by atoms with E-state index in [9.17, 15) is 0 Å². The maximum atomic E-state index is 5.72. The van der Waals surface area contributed by atoms with Crippen LogP contribution in [0.25, 0.3) is 0 Å². The molecular formula is C13H21N3O. The lowest BCUT2D eigenvalue weighted by atomic mass is 10.0. The quantitative estimate of drug-likeness (QED) is 0.866. The van der Waals surface area contributed by atoms with Crippen LogP contribution in [-0.2, 0) is 23.3 Å². The van der Waals surface area contributed by atoms with Crippen molar-refractivity contribution in [1.82, 2.24) is 15.3 Å². The Morgan fingerprint density at radius 3 is 2.82 bits per heavy atom. The maximum absolute atomic E-state index is 5.72. The highest BCUT2D eigenvalue weighted by Gasteiger charge is 2.26. The van der Waals surface area contributed by atoms with Gasteiger partial charge in [0.2, 0.25) is 0 Å². The molecule has 0 aliphatic carbocycles. The molecule has 1 aliphatic heterocycles. The molecule has 94 valence electrons. The summed E-state index contributed by atoms with van der Waals surface area (Å²) in [7, 11) is 0. The molecule has 0 saturated heterocycles. The predicted octanol–water partition coefficient (Wildman–Crippen LogP) is 1.70. The highest BCUT2D eigenvalue weighted by atomic mass is 16.5. The Morgan fingerprint density at radius 1 is 1.35 bits per heavy atom. The highest BCUT2D eigenvalue weighted by molar-refractivity contribution is 5.28. The van der Waals surface area contributed by atoms with Crippen LogP contribution in [-0.4, -0.2) is 23.1 Å². The Kier molecular flexibility index (Phi) is 3.45. The number of nitrogens with one attached hydrogen (secondary N) is 1. The molecule has 0 saturated carbocycles. The fraction of sp³-hybridized carbons (Fsp3) is 0.692. The molecule has 1 N–H and O–H groups in total. The van der Waals surface area contributed by atoms with Gasteiger partial charge in [0.25, 0.3) is 0 Å². The van der Waals surface area contributed by atoms with Gasteiger partial charge in [-0.15, -0.1) is 0 Å². The van der Waals surface area contributed by atoms with E-state index in [0.29, 0.717) is 6.61 Å². The minimum Gasteiger partial charge on any atom is -0.368 e. The van der Waals surface area contributed by atoms with Gasteiger partial charge in [-0.2, -0.15) is 0 Å². The number of fused-ring (bicyclic) bond motifs is 1. The van der Waals surface area contributed by atoms with Crippen molar-refractivity contribution in [1.29, 1.82) is 0 Å². The van der Waals surface area contributed by atoms with E-state index in [-0.39, 0.29) is 0 Å². The molecule has 0 fully saturated rings. The third kappa shape index (κ3) is 2.48. The van der Waals surface area contributed by atoms with Gasteiger partial charge in [0.15, 0.2) is 5.82 Å². The van der Waals surface area contributed by atoms with Gasteiger partial charge in [-0.3, -0.25) is 0 Å². The summed E-state index contributed by atoms with van der Waals surface area (Å²) >= 11 is 0. The van der Waals surface area contributed by atoms with Crippen LogP contribution in [0.5, 0.6) is 0 Å². The van der Waals surface area contributed by atoms with Crippen LogP contribution >= 0.6 is 0 Å². The molecule has 1 aromatic heterocycles. The molecular weight excluding hydrogens is 214 g/mol.